The topological polar surface area (TPSA) is 26.3 Å². The lowest BCUT2D eigenvalue weighted by Gasteiger charge is -2.10. The van der Waals surface area contributed by atoms with Gasteiger partial charge in [0.1, 0.15) is 5.75 Å². The first-order chi connectivity index (χ1) is 9.09. The predicted octanol–water partition coefficient (Wildman–Crippen LogP) is 3.83. The van der Waals surface area contributed by atoms with Crippen molar-refractivity contribution in [3.05, 3.63) is 65.2 Å². The first-order valence-electron chi connectivity index (χ1n) is 5.74. The summed E-state index contributed by atoms with van der Waals surface area (Å²) < 4.78 is 29.0. The smallest absolute Gasteiger partial charge is 0.387 e. The molecule has 0 N–H and O–H groups in total. The van der Waals surface area contributed by atoms with E-state index >= 15 is 0 Å². The van der Waals surface area contributed by atoms with E-state index in [4.69, 9.17) is 0 Å². The minimum Gasteiger partial charge on any atom is -0.434 e. The van der Waals surface area contributed by atoms with Crippen molar-refractivity contribution >= 4 is 5.78 Å². The van der Waals surface area contributed by atoms with Crippen LogP contribution in [-0.2, 0) is 0 Å². The van der Waals surface area contributed by atoms with Gasteiger partial charge in [-0.05, 0) is 24.6 Å². The van der Waals surface area contributed by atoms with Gasteiger partial charge < -0.3 is 4.74 Å². The van der Waals surface area contributed by atoms with Gasteiger partial charge in [-0.25, -0.2) is 0 Å². The Morgan fingerprint density at radius 1 is 1.00 bits per heavy atom. The Kier molecular flexibility index (Phi) is 3.90. The van der Waals surface area contributed by atoms with Crippen LogP contribution in [0.1, 0.15) is 21.5 Å². The second-order valence-electron chi connectivity index (χ2n) is 4.02. The number of ether oxygens (including phenoxy) is 1. The molecule has 0 aliphatic heterocycles. The fourth-order valence-electron chi connectivity index (χ4n) is 1.83. The Labute approximate surface area is 109 Å². The van der Waals surface area contributed by atoms with Crippen LogP contribution in [0.5, 0.6) is 5.75 Å². The third kappa shape index (κ3) is 2.96. The highest BCUT2D eigenvalue weighted by atomic mass is 19.3. The number of carbonyl (C=O) groups is 1. The maximum Gasteiger partial charge on any atom is 0.387 e. The molecule has 4 heteroatoms. The van der Waals surface area contributed by atoms with Crippen LogP contribution in [0.4, 0.5) is 8.78 Å². The minimum absolute atomic E-state index is 0.106. The molecule has 0 saturated carbocycles. The van der Waals surface area contributed by atoms with Gasteiger partial charge in [0, 0.05) is 5.56 Å². The summed E-state index contributed by atoms with van der Waals surface area (Å²) in [5, 5.41) is 0. The van der Waals surface area contributed by atoms with Crippen LogP contribution in [0.3, 0.4) is 0 Å². The van der Waals surface area contributed by atoms with E-state index in [1.165, 1.54) is 12.1 Å². The molecule has 2 aromatic carbocycles. The van der Waals surface area contributed by atoms with Crippen LogP contribution in [0.25, 0.3) is 0 Å². The average molecular weight is 262 g/mol. The van der Waals surface area contributed by atoms with Gasteiger partial charge in [0.05, 0.1) is 5.56 Å². The van der Waals surface area contributed by atoms with E-state index in [-0.39, 0.29) is 17.1 Å². The summed E-state index contributed by atoms with van der Waals surface area (Å²) in [5.74, 6) is -0.430. The second kappa shape index (κ2) is 5.61. The van der Waals surface area contributed by atoms with Gasteiger partial charge in [0.2, 0.25) is 0 Å². The summed E-state index contributed by atoms with van der Waals surface area (Å²) >= 11 is 0. The third-order valence-corrected chi connectivity index (χ3v) is 2.74. The Hall–Kier alpha value is -2.23. The predicted molar refractivity (Wildman–Crippen MR) is 67.7 cm³/mol. The molecule has 19 heavy (non-hydrogen) atoms. The number of para-hydroxylation sites is 1. The van der Waals surface area contributed by atoms with Crippen molar-refractivity contribution in [3.63, 3.8) is 0 Å². The fraction of sp³-hybridized carbons (Fsp3) is 0.133. The Balaban J connectivity index is 2.42. The highest BCUT2D eigenvalue weighted by Gasteiger charge is 2.17. The lowest BCUT2D eigenvalue weighted by atomic mass is 9.98. The molecular weight excluding hydrogens is 250 g/mol. The van der Waals surface area contributed by atoms with Crippen molar-refractivity contribution in [1.29, 1.82) is 0 Å². The molecule has 0 radical (unpaired) electrons. The zero-order valence-electron chi connectivity index (χ0n) is 10.3. The van der Waals surface area contributed by atoms with Gasteiger partial charge in [0.15, 0.2) is 5.78 Å². The molecule has 98 valence electrons. The summed E-state index contributed by atoms with van der Waals surface area (Å²) in [6, 6.07) is 13.0. The minimum atomic E-state index is -2.95. The zero-order valence-corrected chi connectivity index (χ0v) is 10.3. The summed E-state index contributed by atoms with van der Waals surface area (Å²) in [5.41, 5.74) is 1.41. The van der Waals surface area contributed by atoms with Crippen molar-refractivity contribution in [2.45, 2.75) is 13.5 Å². The number of rotatable bonds is 4. The van der Waals surface area contributed by atoms with Crippen LogP contribution in [0.2, 0.25) is 0 Å². The SMILES string of the molecule is Cc1ccccc1C(=O)c1ccccc1OC(F)F. The van der Waals surface area contributed by atoms with Crippen LogP contribution < -0.4 is 4.74 Å². The largest absolute Gasteiger partial charge is 0.434 e. The fourth-order valence-corrected chi connectivity index (χ4v) is 1.83. The number of benzene rings is 2. The van der Waals surface area contributed by atoms with Crippen molar-refractivity contribution in [2.75, 3.05) is 0 Å². The number of aryl methyl sites for hydroxylation is 1. The van der Waals surface area contributed by atoms with Gasteiger partial charge in [-0.15, -0.1) is 0 Å². The number of halogens is 2. The lowest BCUT2D eigenvalue weighted by molar-refractivity contribution is -0.0501. The van der Waals surface area contributed by atoms with E-state index in [1.807, 2.05) is 6.07 Å². The molecule has 0 aliphatic rings. The van der Waals surface area contributed by atoms with E-state index < -0.39 is 6.61 Å². The van der Waals surface area contributed by atoms with E-state index in [0.717, 1.165) is 5.56 Å². The van der Waals surface area contributed by atoms with E-state index in [2.05, 4.69) is 4.74 Å². The molecule has 0 fully saturated rings. The normalized spacial score (nSPS) is 10.5. The first-order valence-corrected chi connectivity index (χ1v) is 5.74. The van der Waals surface area contributed by atoms with Crippen LogP contribution in [0.15, 0.2) is 48.5 Å². The monoisotopic (exact) mass is 262 g/mol. The number of ketones is 1. The van der Waals surface area contributed by atoms with Crippen LogP contribution in [0, 0.1) is 6.92 Å². The van der Waals surface area contributed by atoms with Crippen molar-refractivity contribution < 1.29 is 18.3 Å². The van der Waals surface area contributed by atoms with Crippen molar-refractivity contribution in [1.82, 2.24) is 0 Å². The Morgan fingerprint density at radius 3 is 2.21 bits per heavy atom. The summed E-state index contributed by atoms with van der Waals surface area (Å²) in [7, 11) is 0. The molecule has 0 aromatic heterocycles. The Bertz CT molecular complexity index is 594. The quantitative estimate of drug-likeness (QED) is 0.783. The number of hydrogen-bond donors (Lipinski definition) is 0. The maximum atomic E-state index is 12.3. The lowest BCUT2D eigenvalue weighted by Crippen LogP contribution is -2.09. The molecule has 0 amide bonds. The Morgan fingerprint density at radius 2 is 1.58 bits per heavy atom. The van der Waals surface area contributed by atoms with Gasteiger partial charge in [-0.2, -0.15) is 8.78 Å². The van der Waals surface area contributed by atoms with Crippen LogP contribution in [-0.4, -0.2) is 12.4 Å². The zero-order chi connectivity index (χ0) is 13.8. The number of carbonyl (C=O) groups excluding carboxylic acids is 1. The molecule has 2 nitrogen and oxygen atoms in total. The molecule has 0 heterocycles. The molecule has 0 aliphatic carbocycles. The molecule has 0 spiro atoms. The maximum absolute atomic E-state index is 12.3. The van der Waals surface area contributed by atoms with E-state index in [1.54, 1.807) is 37.3 Å². The van der Waals surface area contributed by atoms with Gasteiger partial charge >= 0.3 is 6.61 Å². The van der Waals surface area contributed by atoms with Gasteiger partial charge in [-0.1, -0.05) is 36.4 Å². The molecule has 0 bridgehead atoms. The average Bonchev–Trinajstić information content (AvgIpc) is 2.38. The molecular formula is C15H12F2O2. The summed E-state index contributed by atoms with van der Waals surface area (Å²) in [4.78, 5) is 12.3. The van der Waals surface area contributed by atoms with Crippen molar-refractivity contribution in [3.8, 4) is 5.75 Å². The van der Waals surface area contributed by atoms with Crippen molar-refractivity contribution in [2.24, 2.45) is 0 Å². The molecule has 0 saturated heterocycles. The van der Waals surface area contributed by atoms with Crippen LogP contribution >= 0.6 is 0 Å². The van der Waals surface area contributed by atoms with E-state index in [9.17, 15) is 13.6 Å². The highest BCUT2D eigenvalue weighted by Crippen LogP contribution is 2.24. The highest BCUT2D eigenvalue weighted by molar-refractivity contribution is 6.11. The molecule has 2 rings (SSSR count). The molecule has 2 aromatic rings. The molecule has 0 unspecified atom stereocenters. The summed E-state index contributed by atoms with van der Waals surface area (Å²) in [6.07, 6.45) is 0. The second-order valence-corrected chi connectivity index (χ2v) is 4.02. The third-order valence-electron chi connectivity index (χ3n) is 2.74. The van der Waals surface area contributed by atoms with E-state index in [0.29, 0.717) is 5.56 Å². The molecule has 0 atom stereocenters. The summed E-state index contributed by atoms with van der Waals surface area (Å²) in [6.45, 7) is -1.16. The standard InChI is InChI=1S/C15H12F2O2/c1-10-6-2-3-7-11(10)14(18)12-8-4-5-9-13(12)19-15(16)17/h2-9,15H,1H3. The number of alkyl halides is 2. The first kappa shape index (κ1) is 13.2. The number of hydrogen-bond acceptors (Lipinski definition) is 2. The van der Waals surface area contributed by atoms with Gasteiger partial charge in [-0.3, -0.25) is 4.79 Å². The van der Waals surface area contributed by atoms with Gasteiger partial charge in [0.25, 0.3) is 0 Å².